The van der Waals surface area contributed by atoms with E-state index in [-0.39, 0.29) is 232 Å². The van der Waals surface area contributed by atoms with Crippen molar-refractivity contribution in [2.24, 2.45) is 0 Å². The average Bonchev–Trinajstić information content (AvgIpc) is 1.78. The lowest BCUT2D eigenvalue weighted by atomic mass is 9.62. The van der Waals surface area contributed by atoms with Gasteiger partial charge in [0.2, 0.25) is 0 Å². The molecule has 4 unspecified atom stereocenters. The molecule has 54 radical (unpaired) electrons. The molecule has 4 atom stereocenters. The number of hydrogen-bond acceptors (Lipinski definition) is 4. The second-order valence-corrected chi connectivity index (χ2v) is 20.2. The molecule has 0 spiro atoms. The number of furan rings is 3. The van der Waals surface area contributed by atoms with Gasteiger partial charge in [-0.2, -0.15) is 0 Å². The van der Waals surface area contributed by atoms with Crippen LogP contribution in [0.4, 0.5) is 0 Å². The van der Waals surface area contributed by atoms with Crippen LogP contribution < -0.4 is 49.2 Å². The second-order valence-electron chi connectivity index (χ2n) is 20.2. The summed E-state index contributed by atoms with van der Waals surface area (Å²) in [5, 5.41) is 0.437. The first-order valence-corrected chi connectivity index (χ1v) is 24.7. The minimum absolute atomic E-state index is 0.00473. The summed E-state index contributed by atoms with van der Waals surface area (Å²) in [6.07, 6.45) is 12.1. The molecule has 0 bridgehead atoms. The molecule has 31 heteroatoms. The summed E-state index contributed by atoms with van der Waals surface area (Å²) in [4.78, 5) is 1.50. The van der Waals surface area contributed by atoms with Gasteiger partial charge in [0.15, 0.2) is 0 Å². The molecule has 0 N–H and O–H groups in total. The monoisotopic (exact) mass is 993 g/mol. The third-order valence-electron chi connectivity index (χ3n) is 15.9. The Morgan fingerprint density at radius 2 is 0.892 bits per heavy atom. The van der Waals surface area contributed by atoms with Crippen molar-refractivity contribution >= 4 is 327 Å². The van der Waals surface area contributed by atoms with Crippen molar-refractivity contribution in [1.82, 2.24) is 4.90 Å². The molecule has 10 rings (SSSR count). The summed E-state index contributed by atoms with van der Waals surface area (Å²) in [5.74, 6) is 2.99. The van der Waals surface area contributed by atoms with Crippen LogP contribution in [0.3, 0.4) is 0 Å². The maximum atomic E-state index is 7.42. The quantitative estimate of drug-likeness (QED) is 0.0780. The highest BCUT2D eigenvalue weighted by Crippen LogP contribution is 2.50. The molecule has 0 saturated carbocycles. The van der Waals surface area contributed by atoms with Crippen LogP contribution in [0.5, 0.6) is 0 Å². The fraction of sp³-hybridized carbons (Fsp3) is 0.115. The number of terminal acetylenes is 2. The zero-order chi connectivity index (χ0) is 61.1. The predicted molar refractivity (Wildman–Crippen MR) is 365 cm³/mol. The van der Waals surface area contributed by atoms with Gasteiger partial charge in [0.25, 0.3) is 0 Å². The van der Waals surface area contributed by atoms with Crippen LogP contribution in [0.1, 0.15) is 62.3 Å². The Kier molecular flexibility index (Phi) is 15.9. The zero-order valence-electron chi connectivity index (χ0n) is 44.1. The van der Waals surface area contributed by atoms with Gasteiger partial charge in [-0.1, -0.05) is 94.7 Å². The Balaban J connectivity index is 1.27. The molecule has 3 aromatic heterocycles. The lowest BCUT2D eigenvalue weighted by molar-refractivity contribution is 0.260. The molecule has 0 aliphatic heterocycles. The Hall–Kier alpha value is -5.23. The fourth-order valence-corrected chi connectivity index (χ4v) is 11.5. The van der Waals surface area contributed by atoms with Gasteiger partial charge in [-0.3, -0.25) is 4.90 Å². The maximum Gasteiger partial charge on any atom is 0.135 e. The Morgan fingerprint density at radius 3 is 1.34 bits per heavy atom. The normalized spacial score (nSPS) is 19.9. The smallest absolute Gasteiger partial charge is 0.135 e. The molecule has 0 saturated heterocycles. The van der Waals surface area contributed by atoms with E-state index in [1.54, 1.807) is 0 Å². The first-order valence-electron chi connectivity index (χ1n) is 24.7. The summed E-state index contributed by atoms with van der Waals surface area (Å²) in [5.41, 5.74) is -2.43. The zero-order valence-corrected chi connectivity index (χ0v) is 44.1. The van der Waals surface area contributed by atoms with Crippen LogP contribution in [0.2, 0.25) is 6.32 Å². The van der Waals surface area contributed by atoms with E-state index in [0.29, 0.717) is 5.56 Å². The van der Waals surface area contributed by atoms with Crippen LogP contribution in [-0.4, -0.2) is 235 Å². The SMILES string of the molecule is [B]C/C([B])=C(/[B])c1oc2c([B])c([B])c([B])c(C3=C([B])C(N(C/C([B])=C([B])\C(=C(\[B])C#C)c4c([B])c([B])c([B])c5oc6c(c45)C([B])C([B])=C6[B])C4C([B])=C([B])C(c5c([B])c([B])c([B])c6oc7c(c56)C([B])C([B])=C7[B])=C4[B])C([B])=C3[B])c2c1C#C. The lowest BCUT2D eigenvalue weighted by Crippen LogP contribution is -2.48. The van der Waals surface area contributed by atoms with Crippen molar-refractivity contribution < 1.29 is 13.3 Å². The maximum absolute atomic E-state index is 7.42. The highest BCUT2D eigenvalue weighted by Gasteiger charge is 2.42. The highest BCUT2D eigenvalue weighted by atomic mass is 16.3. The van der Waals surface area contributed by atoms with Gasteiger partial charge in [-0.05, 0) is 50.5 Å². The third kappa shape index (κ3) is 8.50. The number of nitrogens with zero attached hydrogens (tertiary/aromatic N) is 1. The first-order chi connectivity index (χ1) is 39.0. The predicted octanol–water partition coefficient (Wildman–Crippen LogP) is -7.51. The Labute approximate surface area is 519 Å². The number of fused-ring (bicyclic) bond motifs is 7. The van der Waals surface area contributed by atoms with Crippen molar-refractivity contribution in [3.05, 3.63) is 116 Å². The van der Waals surface area contributed by atoms with Crippen LogP contribution in [0.25, 0.3) is 66.0 Å². The molecule has 4 aliphatic rings. The molecule has 0 fully saturated rings. The number of benzene rings is 3. The molecule has 322 valence electrons. The summed E-state index contributed by atoms with van der Waals surface area (Å²) >= 11 is 0. The van der Waals surface area contributed by atoms with E-state index >= 15 is 0 Å². The van der Waals surface area contributed by atoms with Crippen LogP contribution >= 0.6 is 0 Å². The summed E-state index contributed by atoms with van der Waals surface area (Å²) in [6, 6.07) is -2.89. The van der Waals surface area contributed by atoms with Crippen molar-refractivity contribution in [3.63, 3.8) is 0 Å². The van der Waals surface area contributed by atoms with Gasteiger partial charge in [0.05, 0.1) is 29.1 Å². The van der Waals surface area contributed by atoms with E-state index in [1.165, 1.54) is 4.90 Å². The van der Waals surface area contributed by atoms with Crippen LogP contribution in [0.15, 0.2) is 78.9 Å². The molecule has 4 nitrogen and oxygen atoms in total. The van der Waals surface area contributed by atoms with Gasteiger partial charge >= 0.3 is 0 Å². The van der Waals surface area contributed by atoms with Gasteiger partial charge < -0.3 is 13.3 Å². The summed E-state index contributed by atoms with van der Waals surface area (Å²) in [7, 11) is 182. The highest BCUT2D eigenvalue weighted by molar-refractivity contribution is 6.65. The molecule has 0 amide bonds. The molecule has 4 aliphatic carbocycles. The Morgan fingerprint density at radius 1 is 0.470 bits per heavy atom. The number of rotatable bonds is 10. The van der Waals surface area contributed by atoms with Gasteiger partial charge in [-0.25, -0.2) is 0 Å². The van der Waals surface area contributed by atoms with Gasteiger partial charge in [0, 0.05) is 45.9 Å². The van der Waals surface area contributed by atoms with Crippen molar-refractivity contribution in [2.45, 2.75) is 30.0 Å². The molecular formula is C52H10B27NO3. The van der Waals surface area contributed by atoms with Gasteiger partial charge in [-0.15, -0.1) is 62.1 Å². The minimum Gasteiger partial charge on any atom is -0.458 e. The topological polar surface area (TPSA) is 42.7 Å². The van der Waals surface area contributed by atoms with Crippen molar-refractivity contribution in [1.29, 1.82) is 0 Å². The van der Waals surface area contributed by atoms with Crippen LogP contribution in [0, 0.1) is 24.7 Å². The first kappa shape index (κ1) is 60.9. The standard InChI is InChI=1S/C52H10B27NO3/c1-3-7-11-13(24(59)33(68)40(75)48(11)81-47(7)23(58)9(55)5-53)18-27(62)38(73)45(31(18)66)80(46-32(67)19(28(63)39(46)74)15-17-21-30(65)37(72)44(79)52(21)83-50(17)42(77)35(70)26(15)61)6-10(56)22(57)12(8(54)4-2)14-16-20-29(64)36(71)43(78)51(20)82-49(16)41(76)34(69)25(14)60/h1-2,29-30,45-46H,5-6H2/b12-8+,22-10-,23-9-. The fourth-order valence-electron chi connectivity index (χ4n) is 11.5. The molecule has 83 heavy (non-hydrogen) atoms. The minimum atomic E-state index is -1.45. The van der Waals surface area contributed by atoms with E-state index in [1.807, 2.05) is 0 Å². The molecule has 3 heterocycles. The van der Waals surface area contributed by atoms with Crippen LogP contribution in [-0.2, 0) is 0 Å². The summed E-state index contributed by atoms with van der Waals surface area (Å²) < 4.78 is 18.6. The van der Waals surface area contributed by atoms with E-state index in [4.69, 9.17) is 238 Å². The molecule has 3 aromatic carbocycles. The van der Waals surface area contributed by atoms with E-state index in [2.05, 4.69) is 11.8 Å². The van der Waals surface area contributed by atoms with Gasteiger partial charge in [0.1, 0.15) is 222 Å². The van der Waals surface area contributed by atoms with E-state index in [9.17, 15) is 0 Å². The number of allylic oxidation sites excluding steroid dienone is 10. The average molecular weight is 989 g/mol. The number of hydrogen-bond donors (Lipinski definition) is 0. The Bertz CT molecular complexity index is 4460. The second kappa shape index (κ2) is 21.6. The molecule has 6 aromatic rings. The van der Waals surface area contributed by atoms with Crippen molar-refractivity contribution in [3.8, 4) is 24.7 Å². The van der Waals surface area contributed by atoms with Crippen molar-refractivity contribution in [2.75, 3.05) is 6.54 Å². The lowest BCUT2D eigenvalue weighted by Gasteiger charge is -2.41. The molecular weight excluding hydrogens is 978 g/mol. The van der Waals surface area contributed by atoms with E-state index in [0.717, 1.165) is 0 Å². The largest absolute Gasteiger partial charge is 0.458 e. The third-order valence-corrected chi connectivity index (χ3v) is 15.9. The summed E-state index contributed by atoms with van der Waals surface area (Å²) in [6.45, 7) is -0.567. The van der Waals surface area contributed by atoms with E-state index < -0.39 is 30.3 Å².